The Morgan fingerprint density at radius 2 is 1.92 bits per heavy atom. The van der Waals surface area contributed by atoms with Gasteiger partial charge in [0.1, 0.15) is 23.2 Å². The first kappa shape index (κ1) is 18.0. The molecule has 26 heavy (non-hydrogen) atoms. The van der Waals surface area contributed by atoms with Crippen molar-refractivity contribution in [1.82, 2.24) is 5.32 Å². The average molecular weight is 372 g/mol. The Kier molecular flexibility index (Phi) is 4.99. The van der Waals surface area contributed by atoms with E-state index < -0.39 is 23.7 Å². The number of halogens is 1. The predicted molar refractivity (Wildman–Crippen MR) is 97.6 cm³/mol. The van der Waals surface area contributed by atoms with Gasteiger partial charge in [-0.3, -0.25) is 9.59 Å². The molecule has 3 rings (SSSR count). The standard InChI is InChI=1S/C19H17FN2O3S/c1-10(18(21)23)22-19(24)17-11(2)25-15-9-14(20)16(8-13(15)17)26-12-6-4-3-5-7-12/h3-10H,1-2H3,(H2,21,23)(H,22,24). The first-order valence-electron chi connectivity index (χ1n) is 7.92. The fraction of sp³-hybridized carbons (Fsp3) is 0.158. The van der Waals surface area contributed by atoms with Crippen LogP contribution < -0.4 is 11.1 Å². The fourth-order valence-electron chi connectivity index (χ4n) is 2.54. The first-order valence-corrected chi connectivity index (χ1v) is 8.74. The number of benzene rings is 2. The van der Waals surface area contributed by atoms with Crippen molar-refractivity contribution >= 4 is 34.5 Å². The lowest BCUT2D eigenvalue weighted by molar-refractivity contribution is -0.119. The zero-order valence-corrected chi connectivity index (χ0v) is 15.0. The molecule has 1 unspecified atom stereocenters. The second kappa shape index (κ2) is 7.21. The minimum atomic E-state index is -0.828. The average Bonchev–Trinajstić information content (AvgIpc) is 2.90. The third-order valence-corrected chi connectivity index (χ3v) is 4.93. The van der Waals surface area contributed by atoms with Gasteiger partial charge in [-0.2, -0.15) is 0 Å². The molecule has 1 heterocycles. The van der Waals surface area contributed by atoms with Gasteiger partial charge in [0.05, 0.1) is 5.56 Å². The molecule has 0 saturated carbocycles. The van der Waals surface area contributed by atoms with Crippen molar-refractivity contribution in [1.29, 1.82) is 0 Å². The van der Waals surface area contributed by atoms with E-state index in [1.165, 1.54) is 24.8 Å². The van der Waals surface area contributed by atoms with Crippen LogP contribution in [0.5, 0.6) is 0 Å². The molecule has 0 aliphatic heterocycles. The highest BCUT2D eigenvalue weighted by Gasteiger charge is 2.23. The Labute approximate surface area is 153 Å². The van der Waals surface area contributed by atoms with E-state index >= 15 is 0 Å². The van der Waals surface area contributed by atoms with Crippen molar-refractivity contribution in [2.75, 3.05) is 0 Å². The van der Waals surface area contributed by atoms with Gasteiger partial charge in [-0.25, -0.2) is 4.39 Å². The lowest BCUT2D eigenvalue weighted by Crippen LogP contribution is -2.42. The summed E-state index contributed by atoms with van der Waals surface area (Å²) in [5, 5.41) is 3.01. The molecule has 2 aromatic carbocycles. The monoisotopic (exact) mass is 372 g/mol. The second-order valence-electron chi connectivity index (χ2n) is 5.82. The van der Waals surface area contributed by atoms with Gasteiger partial charge in [-0.1, -0.05) is 30.0 Å². The molecule has 3 N–H and O–H groups in total. The van der Waals surface area contributed by atoms with E-state index in [9.17, 15) is 14.0 Å². The van der Waals surface area contributed by atoms with Crippen molar-refractivity contribution in [2.24, 2.45) is 5.73 Å². The summed E-state index contributed by atoms with van der Waals surface area (Å²) >= 11 is 1.26. The van der Waals surface area contributed by atoms with E-state index in [2.05, 4.69) is 5.32 Å². The number of rotatable bonds is 5. The Morgan fingerprint density at radius 3 is 2.58 bits per heavy atom. The Bertz CT molecular complexity index is 985. The van der Waals surface area contributed by atoms with E-state index in [1.807, 2.05) is 30.3 Å². The van der Waals surface area contributed by atoms with Crippen LogP contribution in [0.15, 0.2) is 56.7 Å². The van der Waals surface area contributed by atoms with Crippen LogP contribution in [0.2, 0.25) is 0 Å². The normalized spacial score (nSPS) is 12.1. The van der Waals surface area contributed by atoms with E-state index in [4.69, 9.17) is 10.2 Å². The third kappa shape index (κ3) is 3.57. The predicted octanol–water partition coefficient (Wildman–Crippen LogP) is 3.64. The summed E-state index contributed by atoms with van der Waals surface area (Å²) in [6, 6.07) is 11.4. The summed E-state index contributed by atoms with van der Waals surface area (Å²) in [6.45, 7) is 3.11. The Morgan fingerprint density at radius 1 is 1.23 bits per heavy atom. The van der Waals surface area contributed by atoms with Gasteiger partial charge in [0.25, 0.3) is 5.91 Å². The summed E-state index contributed by atoms with van der Waals surface area (Å²) in [4.78, 5) is 25.0. The maximum absolute atomic E-state index is 14.4. The van der Waals surface area contributed by atoms with E-state index in [0.717, 1.165) is 4.90 Å². The molecule has 1 aromatic heterocycles. The zero-order chi connectivity index (χ0) is 18.8. The maximum atomic E-state index is 14.4. The Hall–Kier alpha value is -2.80. The molecule has 0 aliphatic rings. The third-order valence-electron chi connectivity index (χ3n) is 3.89. The summed E-state index contributed by atoms with van der Waals surface area (Å²) in [7, 11) is 0. The Balaban J connectivity index is 2.02. The van der Waals surface area contributed by atoms with Crippen molar-refractivity contribution < 1.29 is 18.4 Å². The number of nitrogens with two attached hydrogens (primary N) is 1. The van der Waals surface area contributed by atoms with Crippen molar-refractivity contribution in [3.63, 3.8) is 0 Å². The molecule has 3 aromatic rings. The van der Waals surface area contributed by atoms with Crippen LogP contribution in [0.25, 0.3) is 11.0 Å². The molecular formula is C19H17FN2O3S. The van der Waals surface area contributed by atoms with Gasteiger partial charge >= 0.3 is 0 Å². The van der Waals surface area contributed by atoms with Crippen LogP contribution >= 0.6 is 11.8 Å². The number of carbonyl (C=O) groups excluding carboxylic acids is 2. The van der Waals surface area contributed by atoms with Crippen LogP contribution in [0.4, 0.5) is 4.39 Å². The second-order valence-corrected chi connectivity index (χ2v) is 6.94. The van der Waals surface area contributed by atoms with Crippen molar-refractivity contribution in [3.8, 4) is 0 Å². The van der Waals surface area contributed by atoms with E-state index in [-0.39, 0.29) is 11.1 Å². The highest BCUT2D eigenvalue weighted by atomic mass is 32.2. The summed E-state index contributed by atoms with van der Waals surface area (Å²) in [6.07, 6.45) is 0. The fourth-order valence-corrected chi connectivity index (χ4v) is 3.42. The molecule has 0 bridgehead atoms. The van der Waals surface area contributed by atoms with Crippen LogP contribution in [0, 0.1) is 12.7 Å². The maximum Gasteiger partial charge on any atom is 0.256 e. The van der Waals surface area contributed by atoms with Crippen molar-refractivity contribution in [3.05, 3.63) is 59.6 Å². The minimum absolute atomic E-state index is 0.267. The number of primary amides is 1. The molecule has 0 saturated heterocycles. The molecule has 1 atom stereocenters. The molecule has 0 spiro atoms. The molecule has 134 valence electrons. The van der Waals surface area contributed by atoms with Gasteiger partial charge in [-0.05, 0) is 32.0 Å². The number of fused-ring (bicyclic) bond motifs is 1. The molecule has 0 fully saturated rings. The summed E-state index contributed by atoms with van der Waals surface area (Å²) in [5.41, 5.74) is 5.73. The van der Waals surface area contributed by atoms with Gasteiger partial charge in [0.2, 0.25) is 5.91 Å². The van der Waals surface area contributed by atoms with Crippen molar-refractivity contribution in [2.45, 2.75) is 29.7 Å². The van der Waals surface area contributed by atoms with Gasteiger partial charge in [0, 0.05) is 21.2 Å². The van der Waals surface area contributed by atoms with Crippen LogP contribution in [0.3, 0.4) is 0 Å². The summed E-state index contributed by atoms with van der Waals surface area (Å²) in [5.74, 6) is -1.22. The number of amides is 2. The topological polar surface area (TPSA) is 85.3 Å². The smallest absolute Gasteiger partial charge is 0.256 e. The molecule has 0 radical (unpaired) electrons. The van der Waals surface area contributed by atoms with Gasteiger partial charge < -0.3 is 15.5 Å². The number of hydrogen-bond donors (Lipinski definition) is 2. The van der Waals surface area contributed by atoms with Gasteiger partial charge in [0.15, 0.2) is 0 Å². The highest BCUT2D eigenvalue weighted by Crippen LogP contribution is 2.35. The largest absolute Gasteiger partial charge is 0.460 e. The van der Waals surface area contributed by atoms with E-state index in [0.29, 0.717) is 16.0 Å². The molecule has 5 nitrogen and oxygen atoms in total. The molecule has 7 heteroatoms. The molecular weight excluding hydrogens is 355 g/mol. The SMILES string of the molecule is Cc1oc2cc(F)c(Sc3ccccc3)cc2c1C(=O)NC(C)C(N)=O. The quantitative estimate of drug-likeness (QED) is 0.716. The van der Waals surface area contributed by atoms with Crippen LogP contribution in [-0.4, -0.2) is 17.9 Å². The lowest BCUT2D eigenvalue weighted by Gasteiger charge is -2.10. The number of carbonyl (C=O) groups is 2. The number of hydrogen-bond acceptors (Lipinski definition) is 4. The zero-order valence-electron chi connectivity index (χ0n) is 14.2. The van der Waals surface area contributed by atoms with Crippen LogP contribution in [-0.2, 0) is 4.79 Å². The number of nitrogens with one attached hydrogen (secondary N) is 1. The number of aryl methyl sites for hydroxylation is 1. The molecule has 2 amide bonds. The molecule has 0 aliphatic carbocycles. The van der Waals surface area contributed by atoms with Crippen LogP contribution in [0.1, 0.15) is 23.0 Å². The van der Waals surface area contributed by atoms with Gasteiger partial charge in [-0.15, -0.1) is 0 Å². The van der Waals surface area contributed by atoms with E-state index in [1.54, 1.807) is 13.0 Å². The number of furan rings is 1. The minimum Gasteiger partial charge on any atom is -0.460 e. The first-order chi connectivity index (χ1) is 12.4. The lowest BCUT2D eigenvalue weighted by atomic mass is 10.1. The highest BCUT2D eigenvalue weighted by molar-refractivity contribution is 7.99. The summed E-state index contributed by atoms with van der Waals surface area (Å²) < 4.78 is 19.9.